The van der Waals surface area contributed by atoms with Crippen molar-refractivity contribution in [3.8, 4) is 0 Å². The molecule has 0 aliphatic carbocycles. The average Bonchev–Trinajstić information content (AvgIpc) is 2.34. The Kier molecular flexibility index (Phi) is 3.43. The molecule has 0 bridgehead atoms. The van der Waals surface area contributed by atoms with Gasteiger partial charge in [-0.3, -0.25) is 4.98 Å². The number of amides is 2. The van der Waals surface area contributed by atoms with Gasteiger partial charge >= 0.3 is 6.03 Å². The molecule has 0 saturated carbocycles. The van der Waals surface area contributed by atoms with Gasteiger partial charge in [-0.25, -0.2) is 4.79 Å². The normalized spacial score (nSPS) is 9.83. The standard InChI is InChI=1S/C13H14N4O/c1-9-2-3-12(11(14)8-9)17-13(18)16-10-4-6-15-7-5-10/h2-8H,14H2,1H3,(H2,15,16,17,18). The second-order valence-electron chi connectivity index (χ2n) is 3.91. The summed E-state index contributed by atoms with van der Waals surface area (Å²) in [6, 6.07) is 8.55. The van der Waals surface area contributed by atoms with E-state index in [-0.39, 0.29) is 6.03 Å². The zero-order chi connectivity index (χ0) is 13.0. The molecule has 18 heavy (non-hydrogen) atoms. The van der Waals surface area contributed by atoms with Crippen molar-refractivity contribution in [3.63, 3.8) is 0 Å². The first-order chi connectivity index (χ1) is 8.65. The van der Waals surface area contributed by atoms with Gasteiger partial charge in [-0.05, 0) is 36.8 Å². The first kappa shape index (κ1) is 11.9. The molecule has 0 aliphatic rings. The number of pyridine rings is 1. The molecular weight excluding hydrogens is 228 g/mol. The van der Waals surface area contributed by atoms with E-state index in [1.165, 1.54) is 0 Å². The molecule has 1 aromatic heterocycles. The Hall–Kier alpha value is -2.56. The highest BCUT2D eigenvalue weighted by Crippen LogP contribution is 2.19. The lowest BCUT2D eigenvalue weighted by atomic mass is 10.2. The summed E-state index contributed by atoms with van der Waals surface area (Å²) in [6.45, 7) is 1.94. The highest BCUT2D eigenvalue weighted by Gasteiger charge is 2.05. The summed E-state index contributed by atoms with van der Waals surface area (Å²) in [4.78, 5) is 15.6. The van der Waals surface area contributed by atoms with Crippen LogP contribution in [0.15, 0.2) is 42.7 Å². The summed E-state index contributed by atoms with van der Waals surface area (Å²) in [5.74, 6) is 0. The number of hydrogen-bond donors (Lipinski definition) is 3. The molecule has 2 aromatic rings. The van der Waals surface area contributed by atoms with Crippen LogP contribution in [0.4, 0.5) is 21.9 Å². The molecule has 0 fully saturated rings. The molecule has 1 heterocycles. The fourth-order valence-corrected chi connectivity index (χ4v) is 1.52. The van der Waals surface area contributed by atoms with Crippen molar-refractivity contribution in [1.29, 1.82) is 0 Å². The molecule has 5 heteroatoms. The van der Waals surface area contributed by atoms with Crippen LogP contribution >= 0.6 is 0 Å². The second kappa shape index (κ2) is 5.18. The van der Waals surface area contributed by atoms with E-state index in [1.54, 1.807) is 30.6 Å². The van der Waals surface area contributed by atoms with Gasteiger partial charge in [0.1, 0.15) is 0 Å². The number of nitrogens with two attached hydrogens (primary N) is 1. The van der Waals surface area contributed by atoms with E-state index < -0.39 is 0 Å². The molecule has 0 atom stereocenters. The number of anilines is 3. The van der Waals surface area contributed by atoms with Gasteiger partial charge < -0.3 is 16.4 Å². The van der Waals surface area contributed by atoms with Crippen LogP contribution in [0, 0.1) is 6.92 Å². The third kappa shape index (κ3) is 2.98. The van der Waals surface area contributed by atoms with Crippen LogP contribution < -0.4 is 16.4 Å². The predicted molar refractivity (Wildman–Crippen MR) is 72.5 cm³/mol. The Bertz CT molecular complexity index is 554. The summed E-state index contributed by atoms with van der Waals surface area (Å²) < 4.78 is 0. The third-order valence-electron chi connectivity index (χ3n) is 2.39. The molecule has 2 amide bonds. The zero-order valence-corrected chi connectivity index (χ0v) is 9.97. The smallest absolute Gasteiger partial charge is 0.323 e. The van der Waals surface area contributed by atoms with Crippen LogP contribution in [0.1, 0.15) is 5.56 Å². The van der Waals surface area contributed by atoms with Crippen molar-refractivity contribution < 1.29 is 4.79 Å². The number of nitrogens with one attached hydrogen (secondary N) is 2. The first-order valence-electron chi connectivity index (χ1n) is 5.49. The van der Waals surface area contributed by atoms with Crippen LogP contribution in [-0.4, -0.2) is 11.0 Å². The molecule has 92 valence electrons. The van der Waals surface area contributed by atoms with E-state index >= 15 is 0 Å². The number of nitrogens with zero attached hydrogens (tertiary/aromatic N) is 1. The number of carbonyl (C=O) groups is 1. The SMILES string of the molecule is Cc1ccc(NC(=O)Nc2ccncc2)c(N)c1. The third-order valence-corrected chi connectivity index (χ3v) is 2.39. The molecule has 1 aromatic carbocycles. The Balaban J connectivity index is 2.03. The minimum absolute atomic E-state index is 0.336. The first-order valence-corrected chi connectivity index (χ1v) is 5.49. The number of urea groups is 1. The largest absolute Gasteiger partial charge is 0.397 e. The molecule has 0 radical (unpaired) electrons. The summed E-state index contributed by atoms with van der Waals surface area (Å²) in [7, 11) is 0. The van der Waals surface area contributed by atoms with Crippen LogP contribution in [-0.2, 0) is 0 Å². The van der Waals surface area contributed by atoms with Gasteiger partial charge in [-0.2, -0.15) is 0 Å². The zero-order valence-electron chi connectivity index (χ0n) is 9.97. The van der Waals surface area contributed by atoms with E-state index in [0.717, 1.165) is 5.56 Å². The minimum atomic E-state index is -0.336. The van der Waals surface area contributed by atoms with Gasteiger partial charge in [0, 0.05) is 18.1 Å². The Labute approximate surface area is 105 Å². The maximum absolute atomic E-state index is 11.7. The quantitative estimate of drug-likeness (QED) is 0.708. The predicted octanol–water partition coefficient (Wildman–Crippen LogP) is 2.62. The van der Waals surface area contributed by atoms with Gasteiger partial charge in [0.05, 0.1) is 11.4 Å². The molecule has 0 saturated heterocycles. The number of aromatic nitrogens is 1. The number of rotatable bonds is 2. The molecule has 5 nitrogen and oxygen atoms in total. The monoisotopic (exact) mass is 242 g/mol. The fraction of sp³-hybridized carbons (Fsp3) is 0.0769. The van der Waals surface area contributed by atoms with Crippen LogP contribution in [0.25, 0.3) is 0 Å². The van der Waals surface area contributed by atoms with Crippen molar-refractivity contribution in [1.82, 2.24) is 4.98 Å². The van der Waals surface area contributed by atoms with Gasteiger partial charge in [-0.1, -0.05) is 6.07 Å². The highest BCUT2D eigenvalue weighted by molar-refractivity contribution is 6.01. The van der Waals surface area contributed by atoms with E-state index in [2.05, 4.69) is 15.6 Å². The van der Waals surface area contributed by atoms with Crippen molar-refractivity contribution in [2.24, 2.45) is 0 Å². The van der Waals surface area contributed by atoms with Gasteiger partial charge in [0.25, 0.3) is 0 Å². The number of aryl methyl sites for hydroxylation is 1. The molecular formula is C13H14N4O. The van der Waals surface area contributed by atoms with Gasteiger partial charge in [0.15, 0.2) is 0 Å². The van der Waals surface area contributed by atoms with E-state index in [9.17, 15) is 4.79 Å². The fourth-order valence-electron chi connectivity index (χ4n) is 1.52. The molecule has 0 unspecified atom stereocenters. The Morgan fingerprint density at radius 1 is 1.17 bits per heavy atom. The Morgan fingerprint density at radius 3 is 2.56 bits per heavy atom. The van der Waals surface area contributed by atoms with E-state index in [1.807, 2.05) is 19.1 Å². The Morgan fingerprint density at radius 2 is 1.89 bits per heavy atom. The lowest BCUT2D eigenvalue weighted by Crippen LogP contribution is -2.20. The summed E-state index contributed by atoms with van der Waals surface area (Å²) in [5.41, 5.74) is 8.67. The highest BCUT2D eigenvalue weighted by atomic mass is 16.2. The van der Waals surface area contributed by atoms with Crippen LogP contribution in [0.5, 0.6) is 0 Å². The summed E-state index contributed by atoms with van der Waals surface area (Å²) in [6.07, 6.45) is 3.21. The summed E-state index contributed by atoms with van der Waals surface area (Å²) in [5, 5.41) is 5.38. The maximum atomic E-state index is 11.7. The van der Waals surface area contributed by atoms with E-state index in [0.29, 0.717) is 17.1 Å². The van der Waals surface area contributed by atoms with Crippen molar-refractivity contribution in [2.75, 3.05) is 16.4 Å². The summed E-state index contributed by atoms with van der Waals surface area (Å²) >= 11 is 0. The average molecular weight is 242 g/mol. The van der Waals surface area contributed by atoms with E-state index in [4.69, 9.17) is 5.73 Å². The maximum Gasteiger partial charge on any atom is 0.323 e. The number of carbonyl (C=O) groups excluding carboxylic acids is 1. The number of nitrogen functional groups attached to an aromatic ring is 1. The van der Waals surface area contributed by atoms with Crippen LogP contribution in [0.3, 0.4) is 0 Å². The lowest BCUT2D eigenvalue weighted by Gasteiger charge is -2.10. The number of benzene rings is 1. The van der Waals surface area contributed by atoms with Crippen LogP contribution in [0.2, 0.25) is 0 Å². The molecule has 4 N–H and O–H groups in total. The number of hydrogen-bond acceptors (Lipinski definition) is 3. The van der Waals surface area contributed by atoms with Crippen molar-refractivity contribution in [2.45, 2.75) is 6.92 Å². The topological polar surface area (TPSA) is 80.0 Å². The lowest BCUT2D eigenvalue weighted by molar-refractivity contribution is 0.262. The van der Waals surface area contributed by atoms with Gasteiger partial charge in [0.2, 0.25) is 0 Å². The van der Waals surface area contributed by atoms with Crippen molar-refractivity contribution >= 4 is 23.1 Å². The van der Waals surface area contributed by atoms with Crippen molar-refractivity contribution in [3.05, 3.63) is 48.3 Å². The molecule has 0 spiro atoms. The van der Waals surface area contributed by atoms with Gasteiger partial charge in [-0.15, -0.1) is 0 Å². The molecule has 0 aliphatic heterocycles. The second-order valence-corrected chi connectivity index (χ2v) is 3.91. The molecule has 2 rings (SSSR count). The minimum Gasteiger partial charge on any atom is -0.397 e.